The van der Waals surface area contributed by atoms with Crippen LogP contribution in [0.4, 0.5) is 9.18 Å². The van der Waals surface area contributed by atoms with E-state index in [1.54, 1.807) is 12.1 Å². The number of aliphatic carboxylic acids is 1. The Hall–Kier alpha value is -4.23. The van der Waals surface area contributed by atoms with Crippen LogP contribution < -0.4 is 5.32 Å². The van der Waals surface area contributed by atoms with E-state index in [1.165, 1.54) is 27.1 Å². The highest BCUT2D eigenvalue weighted by molar-refractivity contribution is 5.94. The highest BCUT2D eigenvalue weighted by atomic mass is 19.1. The van der Waals surface area contributed by atoms with Gasteiger partial charge in [-0.2, -0.15) is 5.01 Å². The lowest BCUT2D eigenvalue weighted by atomic mass is 9.81. The number of urea groups is 1. The van der Waals surface area contributed by atoms with Crippen molar-refractivity contribution in [2.45, 2.75) is 44.4 Å². The SMILES string of the molecule is C#CCN1CC(=O)N2[C@@H](CCC(=O)O)C(=O)C(Cc3ccc(F)cc3)C[C@@H]2N1C(=O)NCc1ccccc1. The van der Waals surface area contributed by atoms with Gasteiger partial charge in [0, 0.05) is 18.9 Å². The molecule has 3 atom stereocenters. The fourth-order valence-corrected chi connectivity index (χ4v) is 5.15. The number of carbonyl (C=O) groups excluding carboxylic acids is 3. The first-order valence-electron chi connectivity index (χ1n) is 12.4. The maximum absolute atomic E-state index is 13.6. The second-order valence-electron chi connectivity index (χ2n) is 9.41. The molecule has 0 aliphatic carbocycles. The first-order chi connectivity index (χ1) is 18.3. The van der Waals surface area contributed by atoms with Crippen LogP contribution in [0.25, 0.3) is 0 Å². The van der Waals surface area contributed by atoms with Gasteiger partial charge >= 0.3 is 12.0 Å². The summed E-state index contributed by atoms with van der Waals surface area (Å²) < 4.78 is 13.5. The average Bonchev–Trinajstić information content (AvgIpc) is 2.89. The van der Waals surface area contributed by atoms with Gasteiger partial charge in [0.25, 0.3) is 0 Å². The molecule has 10 heteroatoms. The van der Waals surface area contributed by atoms with Crippen LogP contribution in [0.15, 0.2) is 54.6 Å². The molecule has 0 bridgehead atoms. The zero-order chi connectivity index (χ0) is 27.2. The van der Waals surface area contributed by atoms with Gasteiger partial charge in [-0.15, -0.1) is 6.42 Å². The van der Waals surface area contributed by atoms with Crippen molar-refractivity contribution in [3.8, 4) is 12.3 Å². The van der Waals surface area contributed by atoms with Gasteiger partial charge in [0.2, 0.25) is 5.91 Å². The van der Waals surface area contributed by atoms with Crippen LogP contribution in [0, 0.1) is 24.1 Å². The van der Waals surface area contributed by atoms with E-state index >= 15 is 0 Å². The normalized spacial score (nSPS) is 21.5. The molecule has 3 amide bonds. The number of rotatable bonds is 8. The van der Waals surface area contributed by atoms with Crippen molar-refractivity contribution < 1.29 is 28.7 Å². The molecule has 2 saturated heterocycles. The molecule has 38 heavy (non-hydrogen) atoms. The summed E-state index contributed by atoms with van der Waals surface area (Å²) in [6.45, 7) is 0.00521. The molecule has 0 spiro atoms. The number of hydrazine groups is 1. The molecule has 0 aromatic heterocycles. The Bertz CT molecular complexity index is 1230. The Labute approximate surface area is 220 Å². The highest BCUT2D eigenvalue weighted by Gasteiger charge is 2.51. The lowest BCUT2D eigenvalue weighted by Crippen LogP contribution is -2.73. The number of Topliss-reactive ketones (excluding diaryl/α,β-unsaturated/α-hetero) is 1. The zero-order valence-corrected chi connectivity index (χ0v) is 20.8. The number of fused-ring (bicyclic) bond motifs is 1. The van der Waals surface area contributed by atoms with E-state index in [4.69, 9.17) is 6.42 Å². The van der Waals surface area contributed by atoms with E-state index < -0.39 is 41.9 Å². The van der Waals surface area contributed by atoms with Gasteiger partial charge in [-0.25, -0.2) is 14.2 Å². The number of piperidine rings is 1. The number of hydrogen-bond donors (Lipinski definition) is 2. The van der Waals surface area contributed by atoms with Gasteiger partial charge in [0.1, 0.15) is 12.0 Å². The maximum Gasteiger partial charge on any atom is 0.334 e. The van der Waals surface area contributed by atoms with E-state index in [-0.39, 0.29) is 51.1 Å². The minimum Gasteiger partial charge on any atom is -0.481 e. The van der Waals surface area contributed by atoms with Crippen LogP contribution in [0.3, 0.4) is 0 Å². The predicted octanol–water partition coefficient (Wildman–Crippen LogP) is 2.42. The van der Waals surface area contributed by atoms with E-state index in [0.717, 1.165) is 11.1 Å². The number of halogens is 1. The van der Waals surface area contributed by atoms with Crippen molar-refractivity contribution in [1.82, 2.24) is 20.2 Å². The number of hydrogen-bond acceptors (Lipinski definition) is 5. The van der Waals surface area contributed by atoms with Crippen LogP contribution >= 0.6 is 0 Å². The summed E-state index contributed by atoms with van der Waals surface area (Å²) in [4.78, 5) is 53.1. The first-order valence-corrected chi connectivity index (χ1v) is 12.4. The third-order valence-electron chi connectivity index (χ3n) is 6.87. The number of carbonyl (C=O) groups is 4. The third-order valence-corrected chi connectivity index (χ3v) is 6.87. The molecule has 2 aliphatic rings. The van der Waals surface area contributed by atoms with Crippen molar-refractivity contribution in [1.29, 1.82) is 0 Å². The lowest BCUT2D eigenvalue weighted by Gasteiger charge is -2.54. The fraction of sp³-hybridized carbons (Fsp3) is 0.357. The van der Waals surface area contributed by atoms with Crippen molar-refractivity contribution in [3.63, 3.8) is 0 Å². The Kier molecular flexibility index (Phi) is 8.38. The Morgan fingerprint density at radius 1 is 1.08 bits per heavy atom. The first kappa shape index (κ1) is 26.8. The summed E-state index contributed by atoms with van der Waals surface area (Å²) in [7, 11) is 0. The second kappa shape index (κ2) is 11.9. The molecular formula is C28H29FN4O5. The van der Waals surface area contributed by atoms with E-state index in [1.807, 2.05) is 30.3 Å². The number of nitrogens with one attached hydrogen (secondary N) is 1. The monoisotopic (exact) mass is 520 g/mol. The molecule has 2 aromatic carbocycles. The molecular weight excluding hydrogens is 491 g/mol. The van der Waals surface area contributed by atoms with E-state index in [2.05, 4.69) is 11.2 Å². The van der Waals surface area contributed by atoms with Crippen molar-refractivity contribution in [2.75, 3.05) is 13.1 Å². The molecule has 2 heterocycles. The number of amides is 3. The van der Waals surface area contributed by atoms with Crippen LogP contribution in [0.5, 0.6) is 0 Å². The molecule has 2 fully saturated rings. The maximum atomic E-state index is 13.6. The number of ketones is 1. The Morgan fingerprint density at radius 2 is 1.79 bits per heavy atom. The minimum atomic E-state index is -1.09. The van der Waals surface area contributed by atoms with Gasteiger partial charge in [-0.1, -0.05) is 48.4 Å². The molecule has 2 N–H and O–H groups in total. The molecule has 1 unspecified atom stereocenters. The number of carboxylic acids is 1. The van der Waals surface area contributed by atoms with Gasteiger partial charge in [-0.05, 0) is 42.5 Å². The van der Waals surface area contributed by atoms with E-state index in [9.17, 15) is 28.7 Å². The fourth-order valence-electron chi connectivity index (χ4n) is 5.15. The van der Waals surface area contributed by atoms with Crippen LogP contribution in [-0.2, 0) is 27.3 Å². The standard InChI is InChI=1S/C28H29FN4O5/c1-2-14-31-18-25(34)32-23(12-13-26(35)36)27(37)21(15-19-8-10-22(29)11-9-19)16-24(32)33(31)28(38)30-17-20-6-4-3-5-7-20/h1,3-11,21,23-24H,12-18H2,(H,30,38)(H,35,36)/t21?,23-,24-/m0/s1. The summed E-state index contributed by atoms with van der Waals surface area (Å²) in [6, 6.07) is 13.6. The predicted molar refractivity (Wildman–Crippen MR) is 135 cm³/mol. The topological polar surface area (TPSA) is 110 Å². The summed E-state index contributed by atoms with van der Waals surface area (Å²) >= 11 is 0. The smallest absolute Gasteiger partial charge is 0.334 e. The molecule has 2 aromatic rings. The summed E-state index contributed by atoms with van der Waals surface area (Å²) in [5.74, 6) is -0.306. The molecule has 4 rings (SSSR count). The average molecular weight is 521 g/mol. The second-order valence-corrected chi connectivity index (χ2v) is 9.41. The summed E-state index contributed by atoms with van der Waals surface area (Å²) in [5.41, 5.74) is 1.60. The molecule has 9 nitrogen and oxygen atoms in total. The minimum absolute atomic E-state index is 0.00873. The number of nitrogens with zero attached hydrogens (tertiary/aromatic N) is 3. The largest absolute Gasteiger partial charge is 0.481 e. The van der Waals surface area contributed by atoms with Gasteiger partial charge < -0.3 is 15.3 Å². The molecule has 0 radical (unpaired) electrons. The van der Waals surface area contributed by atoms with Gasteiger partial charge in [-0.3, -0.25) is 14.4 Å². The highest BCUT2D eigenvalue weighted by Crippen LogP contribution is 2.35. The van der Waals surface area contributed by atoms with Crippen LogP contribution in [0.1, 0.15) is 30.4 Å². The summed E-state index contributed by atoms with van der Waals surface area (Å²) in [6.07, 6.45) is 4.70. The van der Waals surface area contributed by atoms with Crippen LogP contribution in [0.2, 0.25) is 0 Å². The van der Waals surface area contributed by atoms with Crippen LogP contribution in [-0.4, -0.2) is 69.0 Å². The van der Waals surface area contributed by atoms with Crippen molar-refractivity contribution >= 4 is 23.7 Å². The molecule has 198 valence electrons. The van der Waals surface area contributed by atoms with E-state index in [0.29, 0.717) is 0 Å². The zero-order valence-electron chi connectivity index (χ0n) is 20.8. The van der Waals surface area contributed by atoms with Gasteiger partial charge in [0.05, 0.1) is 19.1 Å². The Balaban J connectivity index is 1.65. The summed E-state index contributed by atoms with van der Waals surface area (Å²) in [5, 5.41) is 15.0. The number of benzene rings is 2. The lowest BCUT2D eigenvalue weighted by molar-refractivity contribution is -0.184. The quantitative estimate of drug-likeness (QED) is 0.518. The number of carboxylic acid groups (broad SMARTS) is 1. The Morgan fingerprint density at radius 3 is 2.45 bits per heavy atom. The van der Waals surface area contributed by atoms with Crippen molar-refractivity contribution in [3.05, 3.63) is 71.5 Å². The van der Waals surface area contributed by atoms with Gasteiger partial charge in [0.15, 0.2) is 5.78 Å². The third kappa shape index (κ3) is 6.01. The van der Waals surface area contributed by atoms with Crippen molar-refractivity contribution in [2.24, 2.45) is 5.92 Å². The molecule has 2 aliphatic heterocycles. The number of terminal acetylenes is 1. The molecule has 0 saturated carbocycles.